The molecule has 2 aromatic carbocycles. The summed E-state index contributed by atoms with van der Waals surface area (Å²) >= 11 is 0. The lowest BCUT2D eigenvalue weighted by Gasteiger charge is -2.13. The second-order valence-corrected chi connectivity index (χ2v) is 6.20. The van der Waals surface area contributed by atoms with Gasteiger partial charge in [-0.05, 0) is 48.2 Å². The van der Waals surface area contributed by atoms with E-state index >= 15 is 0 Å². The molecule has 124 valence electrons. The van der Waals surface area contributed by atoms with E-state index in [1.807, 2.05) is 48.5 Å². The van der Waals surface area contributed by atoms with E-state index in [0.29, 0.717) is 19.4 Å². The van der Waals surface area contributed by atoms with Crippen LogP contribution in [0.5, 0.6) is 0 Å². The topological polar surface area (TPSA) is 78.4 Å². The summed E-state index contributed by atoms with van der Waals surface area (Å²) in [7, 11) is 0. The third kappa shape index (κ3) is 3.40. The van der Waals surface area contributed by atoms with Crippen LogP contribution in [0.4, 0.5) is 11.4 Å². The van der Waals surface area contributed by atoms with Crippen molar-refractivity contribution in [2.45, 2.75) is 31.7 Å². The third-order valence-corrected chi connectivity index (χ3v) is 4.35. The SMILES string of the molecule is CC(=O)Nc1ccc(CNc2cccc(C3(C(=O)O)CC3)c2)cc1. The largest absolute Gasteiger partial charge is 0.481 e. The maximum Gasteiger partial charge on any atom is 0.314 e. The first-order valence-corrected chi connectivity index (χ1v) is 7.94. The number of rotatable bonds is 6. The molecule has 1 saturated carbocycles. The number of carboxylic acid groups (broad SMARTS) is 1. The van der Waals surface area contributed by atoms with Gasteiger partial charge in [-0.15, -0.1) is 0 Å². The van der Waals surface area contributed by atoms with E-state index in [-0.39, 0.29) is 5.91 Å². The number of anilines is 2. The molecule has 5 heteroatoms. The average molecular weight is 324 g/mol. The zero-order valence-electron chi connectivity index (χ0n) is 13.5. The molecule has 0 unspecified atom stereocenters. The predicted octanol–water partition coefficient (Wildman–Crippen LogP) is 3.37. The summed E-state index contributed by atoms with van der Waals surface area (Å²) in [6.45, 7) is 2.11. The molecule has 0 spiro atoms. The van der Waals surface area contributed by atoms with Crippen LogP contribution in [0.15, 0.2) is 48.5 Å². The second kappa shape index (κ2) is 6.35. The first-order chi connectivity index (χ1) is 11.5. The number of amides is 1. The maximum absolute atomic E-state index is 11.4. The fourth-order valence-electron chi connectivity index (χ4n) is 2.79. The van der Waals surface area contributed by atoms with E-state index in [1.54, 1.807) is 0 Å². The van der Waals surface area contributed by atoms with Crippen molar-refractivity contribution in [3.63, 3.8) is 0 Å². The molecule has 0 bridgehead atoms. The van der Waals surface area contributed by atoms with Crippen molar-refractivity contribution in [3.8, 4) is 0 Å². The maximum atomic E-state index is 11.4. The molecule has 2 aromatic rings. The number of carbonyl (C=O) groups excluding carboxylic acids is 1. The van der Waals surface area contributed by atoms with Gasteiger partial charge in [0.1, 0.15) is 0 Å². The molecule has 0 aliphatic heterocycles. The molecule has 0 atom stereocenters. The first-order valence-electron chi connectivity index (χ1n) is 7.94. The van der Waals surface area contributed by atoms with Gasteiger partial charge in [0, 0.05) is 24.8 Å². The van der Waals surface area contributed by atoms with Gasteiger partial charge < -0.3 is 15.7 Å². The number of carbonyl (C=O) groups is 2. The summed E-state index contributed by atoms with van der Waals surface area (Å²) in [5.41, 5.74) is 2.93. The van der Waals surface area contributed by atoms with E-state index in [9.17, 15) is 14.7 Å². The third-order valence-electron chi connectivity index (χ3n) is 4.35. The molecule has 1 aliphatic carbocycles. The Balaban J connectivity index is 1.65. The zero-order valence-corrected chi connectivity index (χ0v) is 13.5. The number of benzene rings is 2. The molecule has 1 amide bonds. The Morgan fingerprint density at radius 1 is 1.08 bits per heavy atom. The number of nitrogens with one attached hydrogen (secondary N) is 2. The van der Waals surface area contributed by atoms with E-state index < -0.39 is 11.4 Å². The minimum Gasteiger partial charge on any atom is -0.481 e. The second-order valence-electron chi connectivity index (χ2n) is 6.20. The van der Waals surface area contributed by atoms with Crippen molar-refractivity contribution < 1.29 is 14.7 Å². The van der Waals surface area contributed by atoms with Crippen LogP contribution < -0.4 is 10.6 Å². The molecule has 5 nitrogen and oxygen atoms in total. The van der Waals surface area contributed by atoms with Crippen molar-refractivity contribution in [1.29, 1.82) is 0 Å². The normalized spacial score (nSPS) is 14.7. The van der Waals surface area contributed by atoms with E-state index in [2.05, 4.69) is 10.6 Å². The predicted molar refractivity (Wildman–Crippen MR) is 93.1 cm³/mol. The Hall–Kier alpha value is -2.82. The molecule has 1 aliphatic rings. The Labute approximate surface area is 140 Å². The molecule has 0 aromatic heterocycles. The number of hydrogen-bond donors (Lipinski definition) is 3. The van der Waals surface area contributed by atoms with Crippen molar-refractivity contribution >= 4 is 23.3 Å². The summed E-state index contributed by atoms with van der Waals surface area (Å²) < 4.78 is 0. The lowest BCUT2D eigenvalue weighted by molar-refractivity contribution is -0.140. The van der Waals surface area contributed by atoms with Gasteiger partial charge >= 0.3 is 5.97 Å². The van der Waals surface area contributed by atoms with Crippen LogP contribution in [0.25, 0.3) is 0 Å². The summed E-state index contributed by atoms with van der Waals surface area (Å²) in [6, 6.07) is 15.2. The molecular formula is C19H20N2O3. The molecule has 0 heterocycles. The van der Waals surface area contributed by atoms with Crippen molar-refractivity contribution in [1.82, 2.24) is 0 Å². The lowest BCUT2D eigenvalue weighted by atomic mass is 9.96. The molecule has 1 fully saturated rings. The number of aliphatic carboxylic acids is 1. The fourth-order valence-corrected chi connectivity index (χ4v) is 2.79. The van der Waals surface area contributed by atoms with Crippen LogP contribution in [-0.2, 0) is 21.5 Å². The Bertz CT molecular complexity index is 764. The number of carboxylic acids is 1. The van der Waals surface area contributed by atoms with Gasteiger partial charge in [-0.1, -0.05) is 24.3 Å². The van der Waals surface area contributed by atoms with E-state index in [4.69, 9.17) is 0 Å². The highest BCUT2D eigenvalue weighted by Crippen LogP contribution is 2.48. The van der Waals surface area contributed by atoms with Crippen LogP contribution in [0.1, 0.15) is 30.9 Å². The summed E-state index contributed by atoms with van der Waals surface area (Å²) in [5.74, 6) is -0.835. The van der Waals surface area contributed by atoms with Crippen molar-refractivity contribution in [2.75, 3.05) is 10.6 Å². The highest BCUT2D eigenvalue weighted by atomic mass is 16.4. The molecule has 0 saturated heterocycles. The summed E-state index contributed by atoms with van der Waals surface area (Å²) in [4.78, 5) is 22.4. The van der Waals surface area contributed by atoms with Gasteiger partial charge in [0.05, 0.1) is 5.41 Å². The minimum absolute atomic E-state index is 0.0925. The summed E-state index contributed by atoms with van der Waals surface area (Å²) in [6.07, 6.45) is 1.41. The van der Waals surface area contributed by atoms with Gasteiger partial charge in [0.2, 0.25) is 5.91 Å². The molecule has 3 rings (SSSR count). The highest BCUT2D eigenvalue weighted by molar-refractivity contribution is 5.88. The van der Waals surface area contributed by atoms with Crippen LogP contribution in [0.3, 0.4) is 0 Å². The number of hydrogen-bond acceptors (Lipinski definition) is 3. The zero-order chi connectivity index (χ0) is 17.2. The lowest BCUT2D eigenvalue weighted by Crippen LogP contribution is -2.19. The fraction of sp³-hybridized carbons (Fsp3) is 0.263. The minimum atomic E-state index is -0.742. The van der Waals surface area contributed by atoms with Crippen LogP contribution in [0.2, 0.25) is 0 Å². The molecule has 24 heavy (non-hydrogen) atoms. The Morgan fingerprint density at radius 2 is 1.79 bits per heavy atom. The van der Waals surface area contributed by atoms with Gasteiger partial charge in [-0.2, -0.15) is 0 Å². The smallest absolute Gasteiger partial charge is 0.314 e. The molecule has 0 radical (unpaired) electrons. The molecular weight excluding hydrogens is 304 g/mol. The van der Waals surface area contributed by atoms with Crippen LogP contribution in [-0.4, -0.2) is 17.0 Å². The average Bonchev–Trinajstić information content (AvgIpc) is 3.36. The van der Waals surface area contributed by atoms with Gasteiger partial charge in [0.25, 0.3) is 0 Å². The van der Waals surface area contributed by atoms with Crippen molar-refractivity contribution in [2.24, 2.45) is 0 Å². The van der Waals surface area contributed by atoms with Crippen LogP contribution >= 0.6 is 0 Å². The van der Waals surface area contributed by atoms with Crippen molar-refractivity contribution in [3.05, 3.63) is 59.7 Å². The van der Waals surface area contributed by atoms with Gasteiger partial charge in [-0.3, -0.25) is 9.59 Å². The van der Waals surface area contributed by atoms with Gasteiger partial charge in [-0.25, -0.2) is 0 Å². The quantitative estimate of drug-likeness (QED) is 0.761. The first kappa shape index (κ1) is 16.1. The Kier molecular flexibility index (Phi) is 4.25. The van der Waals surface area contributed by atoms with E-state index in [0.717, 1.165) is 22.5 Å². The highest BCUT2D eigenvalue weighted by Gasteiger charge is 2.51. The summed E-state index contributed by atoms with van der Waals surface area (Å²) in [5, 5.41) is 15.4. The monoisotopic (exact) mass is 324 g/mol. The standard InChI is InChI=1S/C19H20N2O3/c1-13(22)21-16-7-5-14(6-8-16)12-20-17-4-2-3-15(11-17)19(9-10-19)18(23)24/h2-8,11,20H,9-10,12H2,1H3,(H,21,22)(H,23,24). The molecule has 3 N–H and O–H groups in total. The Morgan fingerprint density at radius 3 is 2.38 bits per heavy atom. The van der Waals surface area contributed by atoms with Crippen LogP contribution in [0, 0.1) is 0 Å². The van der Waals surface area contributed by atoms with E-state index in [1.165, 1.54) is 6.92 Å². The van der Waals surface area contributed by atoms with Gasteiger partial charge in [0.15, 0.2) is 0 Å².